The van der Waals surface area contributed by atoms with Crippen LogP contribution in [0.2, 0.25) is 0 Å². The first-order valence-corrected chi connectivity index (χ1v) is 29.3. The van der Waals surface area contributed by atoms with Gasteiger partial charge >= 0.3 is 0 Å². The Hall–Kier alpha value is -6.13. The van der Waals surface area contributed by atoms with Gasteiger partial charge in [-0.05, 0) is 87.9 Å². The quantitative estimate of drug-likeness (QED) is 0.0593. The van der Waals surface area contributed by atoms with E-state index in [0.29, 0.717) is 6.42 Å². The third kappa shape index (κ3) is 23.1. The molecular weight excluding hydrogens is 1070 g/mol. The number of primary amides is 1. The standard InChI is InChI=1S/C60H109N11O12/c1-25-27-28-38(11)50(74)49(53(77)63-42(26-2)56(80)66(19)33-47(73)65(18)32-46(61)72)71(24)59(83)48(37(9)10)70(23)58(82)45(31-36(7)8)69(22)57(81)44(30-35(5)6)68(21)55(79)40(13)62-52(76)43(29-34(3)4)64-51(75)41(14)67(20)54(78)39(12)60(15,16)17/h25,27,34-45,48-50,74H,26,28-33H2,1-24H3,(H2,61,72)(H,62,76)(H,63,77)(H,64,75)/b27-25+/t38-,39+,40+,41+,42-,43?,44-,45-,48-,49?,50+/m1/s1. The van der Waals surface area contributed by atoms with Crippen molar-refractivity contribution in [2.24, 2.45) is 46.7 Å². The average Bonchev–Trinajstić information content (AvgIpc) is 3.54. The van der Waals surface area contributed by atoms with E-state index in [1.807, 2.05) is 62.3 Å². The van der Waals surface area contributed by atoms with Gasteiger partial charge in [0.15, 0.2) is 0 Å². The van der Waals surface area contributed by atoms with E-state index in [2.05, 4.69) is 16.0 Å². The maximum atomic E-state index is 15.1. The number of likely N-dealkylation sites (N-methyl/N-ethyl adjacent to an activating group) is 7. The molecule has 23 nitrogen and oxygen atoms in total. The number of nitrogens with zero attached hydrogens (tertiary/aromatic N) is 7. The molecule has 0 aliphatic rings. The normalized spacial score (nSPS) is 15.8. The van der Waals surface area contributed by atoms with Gasteiger partial charge in [-0.15, -0.1) is 0 Å². The SMILES string of the molecule is C/C=C/C[C@@H](C)[C@H](O)C(C(=O)N[C@H](CC)C(=O)N(C)CC(=O)N(C)CC(N)=O)N(C)C(=O)[C@@H](C(C)C)N(C)C(=O)[C@@H](CC(C)C)N(C)C(=O)[C@@H](CC(C)C)N(C)C(=O)[C@H](C)NC(=O)C(CC(C)C)NC(=O)[C@H](C)N(C)C(=O)[C@H](C)C(C)(C)C. The highest BCUT2D eigenvalue weighted by Crippen LogP contribution is 2.28. The predicted molar refractivity (Wildman–Crippen MR) is 321 cm³/mol. The fraction of sp³-hybridized carbons (Fsp3) is 0.783. The van der Waals surface area contributed by atoms with Crippen LogP contribution in [-0.4, -0.2) is 221 Å². The Morgan fingerprint density at radius 3 is 1.41 bits per heavy atom. The summed E-state index contributed by atoms with van der Waals surface area (Å²) in [4.78, 5) is 161. The van der Waals surface area contributed by atoms with E-state index in [0.717, 1.165) is 14.7 Å². The molecule has 0 bridgehead atoms. The number of nitrogens with one attached hydrogen (secondary N) is 3. The second kappa shape index (κ2) is 34.6. The highest BCUT2D eigenvalue weighted by atomic mass is 16.3. The molecule has 0 fully saturated rings. The molecule has 476 valence electrons. The Morgan fingerprint density at radius 1 is 0.518 bits per heavy atom. The summed E-state index contributed by atoms with van der Waals surface area (Å²) in [5.41, 5.74) is 4.88. The summed E-state index contributed by atoms with van der Waals surface area (Å²) in [7, 11) is 9.94. The Balaban J connectivity index is 7.10. The molecule has 0 aromatic heterocycles. The van der Waals surface area contributed by atoms with Crippen molar-refractivity contribution < 1.29 is 57.8 Å². The molecule has 0 saturated heterocycles. The van der Waals surface area contributed by atoms with E-state index in [1.165, 1.54) is 68.8 Å². The van der Waals surface area contributed by atoms with Crippen LogP contribution in [0.25, 0.3) is 0 Å². The molecule has 11 amide bonds. The smallest absolute Gasteiger partial charge is 0.246 e. The lowest BCUT2D eigenvalue weighted by Gasteiger charge is -2.41. The van der Waals surface area contributed by atoms with Crippen LogP contribution in [0.1, 0.15) is 150 Å². The van der Waals surface area contributed by atoms with Crippen LogP contribution in [0.3, 0.4) is 0 Å². The van der Waals surface area contributed by atoms with E-state index in [4.69, 9.17) is 5.73 Å². The summed E-state index contributed by atoms with van der Waals surface area (Å²) in [6, 6.07) is -9.52. The summed E-state index contributed by atoms with van der Waals surface area (Å²) in [5.74, 6) is -8.73. The number of carbonyl (C=O) groups is 11. The molecule has 0 spiro atoms. The number of allylic oxidation sites excluding steroid dienone is 2. The largest absolute Gasteiger partial charge is 0.390 e. The molecule has 6 N–H and O–H groups in total. The number of amides is 11. The Kier molecular flexibility index (Phi) is 32.0. The molecule has 0 aromatic carbocycles. The molecule has 0 aliphatic carbocycles. The van der Waals surface area contributed by atoms with E-state index >= 15 is 9.59 Å². The first-order valence-electron chi connectivity index (χ1n) is 29.3. The summed E-state index contributed by atoms with van der Waals surface area (Å²) in [6.07, 6.45) is 2.99. The van der Waals surface area contributed by atoms with E-state index in [9.17, 15) is 48.3 Å². The Morgan fingerprint density at radius 2 is 0.976 bits per heavy atom. The van der Waals surface area contributed by atoms with Crippen molar-refractivity contribution in [2.45, 2.75) is 204 Å². The lowest BCUT2D eigenvalue weighted by molar-refractivity contribution is -0.157. The molecule has 83 heavy (non-hydrogen) atoms. The van der Waals surface area contributed by atoms with Crippen LogP contribution in [0.4, 0.5) is 0 Å². The monoisotopic (exact) mass is 1180 g/mol. The molecule has 0 saturated carbocycles. The van der Waals surface area contributed by atoms with Crippen molar-refractivity contribution in [3.8, 4) is 0 Å². The molecule has 11 atom stereocenters. The van der Waals surface area contributed by atoms with Gasteiger partial charge in [0.1, 0.15) is 48.3 Å². The molecule has 0 aromatic rings. The van der Waals surface area contributed by atoms with Crippen LogP contribution in [0.15, 0.2) is 12.2 Å². The second-order valence-corrected chi connectivity index (χ2v) is 25.5. The zero-order valence-electron chi connectivity index (χ0n) is 54.9. The van der Waals surface area contributed by atoms with Gasteiger partial charge in [-0.1, -0.05) is 109 Å². The molecule has 0 heterocycles. The van der Waals surface area contributed by atoms with Gasteiger partial charge in [0.05, 0.1) is 19.2 Å². The number of aliphatic hydroxyl groups excluding tert-OH is 1. The van der Waals surface area contributed by atoms with Gasteiger partial charge in [0.25, 0.3) is 0 Å². The zero-order valence-corrected chi connectivity index (χ0v) is 54.9. The van der Waals surface area contributed by atoms with E-state index in [-0.39, 0.29) is 61.3 Å². The summed E-state index contributed by atoms with van der Waals surface area (Å²) in [6.45, 7) is 29.7. The summed E-state index contributed by atoms with van der Waals surface area (Å²) >= 11 is 0. The average molecular weight is 1180 g/mol. The van der Waals surface area contributed by atoms with Crippen LogP contribution in [0.5, 0.6) is 0 Å². The van der Waals surface area contributed by atoms with Gasteiger partial charge in [-0.3, -0.25) is 52.7 Å². The predicted octanol–water partition coefficient (Wildman–Crippen LogP) is 2.87. The number of hydrogen-bond donors (Lipinski definition) is 5. The minimum atomic E-state index is -1.59. The van der Waals surface area contributed by atoms with E-state index < -0.39 is 138 Å². The van der Waals surface area contributed by atoms with Gasteiger partial charge in [0, 0.05) is 55.3 Å². The number of aliphatic hydroxyl groups is 1. The third-order valence-corrected chi connectivity index (χ3v) is 15.6. The molecule has 23 heteroatoms. The molecular formula is C60H109N11O12. The molecule has 0 aliphatic heterocycles. The Bertz CT molecular complexity index is 2250. The number of carbonyl (C=O) groups excluding carboxylic acids is 11. The number of hydrogen-bond acceptors (Lipinski definition) is 12. The van der Waals surface area contributed by atoms with Crippen molar-refractivity contribution in [3.63, 3.8) is 0 Å². The number of rotatable bonds is 33. The summed E-state index contributed by atoms with van der Waals surface area (Å²) < 4.78 is 0. The maximum absolute atomic E-state index is 15.1. The molecule has 2 unspecified atom stereocenters. The fourth-order valence-corrected chi connectivity index (χ4v) is 9.57. The van der Waals surface area contributed by atoms with Gasteiger partial charge in [-0.2, -0.15) is 0 Å². The van der Waals surface area contributed by atoms with Crippen molar-refractivity contribution in [3.05, 3.63) is 12.2 Å². The first-order chi connectivity index (χ1) is 38.0. The number of nitrogens with two attached hydrogens (primary N) is 1. The van der Waals surface area contributed by atoms with Crippen LogP contribution < -0.4 is 21.7 Å². The minimum Gasteiger partial charge on any atom is -0.390 e. The van der Waals surface area contributed by atoms with Crippen molar-refractivity contribution in [1.29, 1.82) is 0 Å². The maximum Gasteiger partial charge on any atom is 0.246 e. The summed E-state index contributed by atoms with van der Waals surface area (Å²) in [5, 5.41) is 20.2. The minimum absolute atomic E-state index is 0.0583. The third-order valence-electron chi connectivity index (χ3n) is 15.6. The van der Waals surface area contributed by atoms with Crippen LogP contribution in [-0.2, 0) is 52.7 Å². The highest BCUT2D eigenvalue weighted by Gasteiger charge is 2.45. The van der Waals surface area contributed by atoms with Gasteiger partial charge < -0.3 is 61.1 Å². The highest BCUT2D eigenvalue weighted by molar-refractivity contribution is 5.98. The molecule has 0 rings (SSSR count). The zero-order chi connectivity index (χ0) is 65.0. The van der Waals surface area contributed by atoms with Gasteiger partial charge in [-0.25, -0.2) is 0 Å². The second-order valence-electron chi connectivity index (χ2n) is 25.5. The van der Waals surface area contributed by atoms with E-state index in [1.54, 1.807) is 67.7 Å². The van der Waals surface area contributed by atoms with Crippen molar-refractivity contribution in [1.82, 2.24) is 50.2 Å². The first kappa shape index (κ1) is 76.9. The Labute approximate surface area is 496 Å². The van der Waals surface area contributed by atoms with Crippen molar-refractivity contribution >= 4 is 65.0 Å². The lowest BCUT2D eigenvalue weighted by atomic mass is 9.81. The van der Waals surface area contributed by atoms with Crippen LogP contribution in [0, 0.1) is 40.9 Å². The molecule has 0 radical (unpaired) electrons. The topological polar surface area (TPSA) is 293 Å². The lowest BCUT2D eigenvalue weighted by Crippen LogP contribution is -2.63. The van der Waals surface area contributed by atoms with Crippen LogP contribution >= 0.6 is 0 Å². The van der Waals surface area contributed by atoms with Gasteiger partial charge in [0.2, 0.25) is 65.0 Å². The van der Waals surface area contributed by atoms with Crippen molar-refractivity contribution in [2.75, 3.05) is 62.4 Å². The fourth-order valence-electron chi connectivity index (χ4n) is 9.57.